The van der Waals surface area contributed by atoms with Crippen molar-refractivity contribution in [1.29, 1.82) is 0 Å². The van der Waals surface area contributed by atoms with E-state index in [1.807, 2.05) is 6.92 Å². The summed E-state index contributed by atoms with van der Waals surface area (Å²) in [5, 5.41) is 10.1. The van der Waals surface area contributed by atoms with E-state index in [0.29, 0.717) is 16.5 Å². The van der Waals surface area contributed by atoms with Crippen LogP contribution in [0.2, 0.25) is 10.0 Å². The van der Waals surface area contributed by atoms with Crippen LogP contribution in [-0.4, -0.2) is 11.1 Å². The molecule has 1 aliphatic rings. The lowest BCUT2D eigenvalue weighted by Gasteiger charge is -2.12. The van der Waals surface area contributed by atoms with E-state index in [0.717, 1.165) is 5.56 Å². The summed E-state index contributed by atoms with van der Waals surface area (Å²) in [6.45, 7) is 1.91. The summed E-state index contributed by atoms with van der Waals surface area (Å²) >= 11 is 11.9. The minimum absolute atomic E-state index is 0.339. The van der Waals surface area contributed by atoms with Crippen LogP contribution in [0.5, 0.6) is 0 Å². The Morgan fingerprint density at radius 3 is 2.73 bits per heavy atom. The predicted molar refractivity (Wildman–Crippen MR) is 59.6 cm³/mol. The minimum Gasteiger partial charge on any atom is -0.481 e. The van der Waals surface area contributed by atoms with Crippen molar-refractivity contribution in [2.45, 2.75) is 18.8 Å². The molecular formula is C11H10Cl2O2. The maximum atomic E-state index is 10.9. The maximum absolute atomic E-state index is 10.9. The van der Waals surface area contributed by atoms with Crippen molar-refractivity contribution in [2.75, 3.05) is 0 Å². The molecule has 1 fully saturated rings. The number of carboxylic acids is 1. The normalized spacial score (nSPS) is 28.9. The number of halogens is 2. The lowest BCUT2D eigenvalue weighted by atomic mass is 9.95. The number of hydrogen-bond donors (Lipinski definition) is 1. The molecule has 1 aromatic carbocycles. The number of rotatable bonds is 2. The number of benzene rings is 1. The van der Waals surface area contributed by atoms with Gasteiger partial charge in [0.2, 0.25) is 0 Å². The van der Waals surface area contributed by atoms with Crippen molar-refractivity contribution in [2.24, 2.45) is 5.92 Å². The van der Waals surface area contributed by atoms with Crippen LogP contribution in [0.4, 0.5) is 0 Å². The highest BCUT2D eigenvalue weighted by Gasteiger charge is 2.56. The van der Waals surface area contributed by atoms with Crippen molar-refractivity contribution in [3.05, 3.63) is 33.8 Å². The fourth-order valence-corrected chi connectivity index (χ4v) is 2.46. The molecule has 0 aromatic heterocycles. The van der Waals surface area contributed by atoms with Gasteiger partial charge >= 0.3 is 5.97 Å². The van der Waals surface area contributed by atoms with Crippen molar-refractivity contribution in [3.8, 4) is 0 Å². The van der Waals surface area contributed by atoms with Crippen LogP contribution in [0.3, 0.4) is 0 Å². The molecule has 2 nitrogen and oxygen atoms in total. The number of carboxylic acid groups (broad SMARTS) is 1. The van der Waals surface area contributed by atoms with Gasteiger partial charge < -0.3 is 5.11 Å². The Balaban J connectivity index is 2.39. The largest absolute Gasteiger partial charge is 0.481 e. The third kappa shape index (κ3) is 1.72. The molecule has 0 aliphatic heterocycles. The van der Waals surface area contributed by atoms with Crippen LogP contribution in [0.1, 0.15) is 18.9 Å². The maximum Gasteiger partial charge on any atom is 0.307 e. The third-order valence-corrected chi connectivity index (χ3v) is 3.64. The second-order valence-electron chi connectivity index (χ2n) is 4.14. The van der Waals surface area contributed by atoms with E-state index < -0.39 is 5.97 Å². The molecule has 0 amide bonds. The molecule has 0 bridgehead atoms. The van der Waals surface area contributed by atoms with Gasteiger partial charge in [0.25, 0.3) is 0 Å². The van der Waals surface area contributed by atoms with Gasteiger partial charge in [-0.3, -0.25) is 4.79 Å². The van der Waals surface area contributed by atoms with Gasteiger partial charge in [0.1, 0.15) is 0 Å². The minimum atomic E-state index is -0.770. The first-order valence-corrected chi connectivity index (χ1v) is 5.39. The predicted octanol–water partition coefficient (Wildman–Crippen LogP) is 3.36. The Morgan fingerprint density at radius 1 is 1.53 bits per heavy atom. The number of aliphatic carboxylic acids is 1. The first-order valence-electron chi connectivity index (χ1n) is 4.63. The molecule has 2 rings (SSSR count). The number of carbonyl (C=O) groups is 1. The van der Waals surface area contributed by atoms with Gasteiger partial charge in [-0.1, -0.05) is 30.1 Å². The zero-order valence-electron chi connectivity index (χ0n) is 8.13. The van der Waals surface area contributed by atoms with Gasteiger partial charge in [-0.15, -0.1) is 0 Å². The SMILES string of the molecule is CC1(c2cc(Cl)ccc2Cl)CC1C(=O)O. The van der Waals surface area contributed by atoms with E-state index in [4.69, 9.17) is 28.3 Å². The van der Waals surface area contributed by atoms with E-state index in [2.05, 4.69) is 0 Å². The highest BCUT2D eigenvalue weighted by atomic mass is 35.5. The van der Waals surface area contributed by atoms with Crippen LogP contribution >= 0.6 is 23.2 Å². The molecule has 0 heterocycles. The van der Waals surface area contributed by atoms with Gasteiger partial charge in [0.05, 0.1) is 5.92 Å². The smallest absolute Gasteiger partial charge is 0.307 e. The summed E-state index contributed by atoms with van der Waals surface area (Å²) in [5.41, 5.74) is 0.484. The van der Waals surface area contributed by atoms with Crippen molar-refractivity contribution in [3.63, 3.8) is 0 Å². The van der Waals surface area contributed by atoms with Crippen LogP contribution in [-0.2, 0) is 10.2 Å². The summed E-state index contributed by atoms with van der Waals surface area (Å²) in [7, 11) is 0. The summed E-state index contributed by atoms with van der Waals surface area (Å²) in [5.74, 6) is -1.11. The Bertz CT molecular complexity index is 431. The Morgan fingerprint density at radius 2 is 2.20 bits per heavy atom. The van der Waals surface area contributed by atoms with E-state index in [9.17, 15) is 4.79 Å². The molecule has 1 N–H and O–H groups in total. The molecule has 0 saturated heterocycles. The van der Waals surface area contributed by atoms with E-state index in [1.54, 1.807) is 18.2 Å². The van der Waals surface area contributed by atoms with Gasteiger partial charge in [-0.05, 0) is 30.2 Å². The Labute approximate surface area is 97.8 Å². The summed E-state index contributed by atoms with van der Waals surface area (Å²) < 4.78 is 0. The molecule has 1 aliphatic carbocycles. The van der Waals surface area contributed by atoms with Crippen molar-refractivity contribution in [1.82, 2.24) is 0 Å². The van der Waals surface area contributed by atoms with E-state index in [-0.39, 0.29) is 11.3 Å². The van der Waals surface area contributed by atoms with Crippen molar-refractivity contribution >= 4 is 29.2 Å². The second-order valence-corrected chi connectivity index (χ2v) is 4.98. The molecule has 1 aromatic rings. The van der Waals surface area contributed by atoms with E-state index >= 15 is 0 Å². The molecule has 2 unspecified atom stereocenters. The fourth-order valence-electron chi connectivity index (χ4n) is 1.96. The van der Waals surface area contributed by atoms with Crippen LogP contribution in [0.15, 0.2) is 18.2 Å². The average molecular weight is 245 g/mol. The highest BCUT2D eigenvalue weighted by Crippen LogP contribution is 2.56. The van der Waals surface area contributed by atoms with Crippen molar-refractivity contribution < 1.29 is 9.90 Å². The molecule has 2 atom stereocenters. The zero-order valence-corrected chi connectivity index (χ0v) is 9.64. The summed E-state index contributed by atoms with van der Waals surface area (Å²) in [4.78, 5) is 10.9. The number of hydrogen-bond acceptors (Lipinski definition) is 1. The quantitative estimate of drug-likeness (QED) is 0.867. The molecular weight excluding hydrogens is 235 g/mol. The monoisotopic (exact) mass is 244 g/mol. The molecule has 0 radical (unpaired) electrons. The molecule has 80 valence electrons. The van der Waals surface area contributed by atoms with Crippen LogP contribution < -0.4 is 0 Å². The topological polar surface area (TPSA) is 37.3 Å². The van der Waals surface area contributed by atoms with Gasteiger partial charge in [0, 0.05) is 15.5 Å². The Kier molecular flexibility index (Phi) is 2.44. The zero-order chi connectivity index (χ0) is 11.2. The fraction of sp³-hybridized carbons (Fsp3) is 0.364. The lowest BCUT2D eigenvalue weighted by molar-refractivity contribution is -0.138. The third-order valence-electron chi connectivity index (χ3n) is 3.08. The lowest BCUT2D eigenvalue weighted by Crippen LogP contribution is -2.11. The summed E-state index contributed by atoms with van der Waals surface area (Å²) in [6.07, 6.45) is 0.627. The van der Waals surface area contributed by atoms with Crippen LogP contribution in [0, 0.1) is 5.92 Å². The van der Waals surface area contributed by atoms with E-state index in [1.165, 1.54) is 0 Å². The molecule has 0 spiro atoms. The van der Waals surface area contributed by atoms with Gasteiger partial charge in [0.15, 0.2) is 0 Å². The first-order chi connectivity index (χ1) is 6.95. The second kappa shape index (κ2) is 3.39. The first kappa shape index (κ1) is 10.8. The average Bonchev–Trinajstić information content (AvgIpc) is 2.84. The highest BCUT2D eigenvalue weighted by molar-refractivity contribution is 6.33. The molecule has 4 heteroatoms. The summed E-state index contributed by atoms with van der Waals surface area (Å²) in [6, 6.07) is 5.17. The molecule has 15 heavy (non-hydrogen) atoms. The van der Waals surface area contributed by atoms with Crippen LogP contribution in [0.25, 0.3) is 0 Å². The Hall–Kier alpha value is -0.730. The standard InChI is InChI=1S/C11H10Cl2O2/c1-11(5-8(11)10(14)15)7-4-6(12)2-3-9(7)13/h2-4,8H,5H2,1H3,(H,14,15). The van der Waals surface area contributed by atoms with Gasteiger partial charge in [-0.25, -0.2) is 0 Å². The van der Waals surface area contributed by atoms with Gasteiger partial charge in [-0.2, -0.15) is 0 Å². The molecule has 1 saturated carbocycles.